The lowest BCUT2D eigenvalue weighted by atomic mass is 10.0. The molecule has 2 aliphatic heterocycles. The molecule has 6 heteroatoms. The first-order valence-corrected chi connectivity index (χ1v) is 11.9. The maximum Gasteiger partial charge on any atom is 0.254 e. The van der Waals surface area contributed by atoms with Crippen LogP contribution in [0.25, 0.3) is 11.1 Å². The summed E-state index contributed by atoms with van der Waals surface area (Å²) < 4.78 is 0. The molecule has 1 fully saturated rings. The smallest absolute Gasteiger partial charge is 0.254 e. The second-order valence-electron chi connectivity index (χ2n) is 8.86. The van der Waals surface area contributed by atoms with E-state index < -0.39 is 0 Å². The first kappa shape index (κ1) is 21.6. The lowest BCUT2D eigenvalue weighted by molar-refractivity contribution is 0.0733. The van der Waals surface area contributed by atoms with E-state index in [2.05, 4.69) is 28.9 Å². The van der Waals surface area contributed by atoms with Crippen LogP contribution in [0.3, 0.4) is 0 Å². The molecule has 1 saturated heterocycles. The summed E-state index contributed by atoms with van der Waals surface area (Å²) >= 11 is 0. The van der Waals surface area contributed by atoms with E-state index in [0.29, 0.717) is 13.1 Å². The maximum absolute atomic E-state index is 13.4. The van der Waals surface area contributed by atoms with Crippen LogP contribution in [0.4, 0.5) is 5.82 Å². The van der Waals surface area contributed by atoms with Crippen molar-refractivity contribution in [3.63, 3.8) is 0 Å². The van der Waals surface area contributed by atoms with E-state index in [-0.39, 0.29) is 5.91 Å². The highest BCUT2D eigenvalue weighted by molar-refractivity contribution is 5.95. The van der Waals surface area contributed by atoms with Crippen molar-refractivity contribution in [2.24, 2.45) is 0 Å². The molecule has 0 bridgehead atoms. The van der Waals surface area contributed by atoms with E-state index in [1.807, 2.05) is 54.3 Å². The fourth-order valence-corrected chi connectivity index (χ4v) is 4.85. The Bertz CT molecular complexity index is 1120. The first-order chi connectivity index (χ1) is 16.1. The van der Waals surface area contributed by atoms with Crippen molar-refractivity contribution in [1.82, 2.24) is 19.8 Å². The fourth-order valence-electron chi connectivity index (χ4n) is 4.85. The van der Waals surface area contributed by atoms with Gasteiger partial charge < -0.3 is 14.7 Å². The SMILES string of the molecule is CCN1CCN(c2nc(C)nc3c2CN(C(=O)c2ccc(-c4ccccc4)cc2)CC3)CC1. The first-order valence-electron chi connectivity index (χ1n) is 11.9. The van der Waals surface area contributed by atoms with Gasteiger partial charge in [0.05, 0.1) is 12.2 Å². The van der Waals surface area contributed by atoms with Crippen LogP contribution in [-0.4, -0.2) is 64.9 Å². The lowest BCUT2D eigenvalue weighted by Gasteiger charge is -2.37. The summed E-state index contributed by atoms with van der Waals surface area (Å²) in [4.78, 5) is 29.7. The molecule has 0 spiro atoms. The molecule has 0 N–H and O–H groups in total. The van der Waals surface area contributed by atoms with E-state index in [1.165, 1.54) is 0 Å². The number of rotatable bonds is 4. The molecule has 0 aliphatic carbocycles. The lowest BCUT2D eigenvalue weighted by Crippen LogP contribution is -2.47. The minimum Gasteiger partial charge on any atom is -0.354 e. The Morgan fingerprint density at radius 2 is 1.58 bits per heavy atom. The van der Waals surface area contributed by atoms with Crippen LogP contribution in [0.15, 0.2) is 54.6 Å². The standard InChI is InChI=1S/C27H31N5O/c1-3-30-15-17-31(18-16-30)26-24-19-32(14-13-25(24)28-20(2)29-26)27(33)23-11-9-22(10-12-23)21-7-5-4-6-8-21/h4-12H,3,13-19H2,1-2H3. The van der Waals surface area contributed by atoms with Gasteiger partial charge in [0.25, 0.3) is 5.91 Å². The van der Waals surface area contributed by atoms with Gasteiger partial charge in [0.15, 0.2) is 0 Å². The topological polar surface area (TPSA) is 52.6 Å². The van der Waals surface area contributed by atoms with Crippen molar-refractivity contribution in [2.75, 3.05) is 44.2 Å². The van der Waals surface area contributed by atoms with Gasteiger partial charge in [-0.3, -0.25) is 4.79 Å². The van der Waals surface area contributed by atoms with Gasteiger partial charge in [0, 0.05) is 50.3 Å². The molecule has 3 heterocycles. The predicted molar refractivity (Wildman–Crippen MR) is 131 cm³/mol. The summed E-state index contributed by atoms with van der Waals surface area (Å²) in [5.41, 5.74) is 5.21. The number of carbonyl (C=O) groups is 1. The zero-order valence-electron chi connectivity index (χ0n) is 19.5. The zero-order chi connectivity index (χ0) is 22.8. The Hall–Kier alpha value is -3.25. The number of benzene rings is 2. The van der Waals surface area contributed by atoms with Gasteiger partial charge in [0.2, 0.25) is 0 Å². The number of likely N-dealkylation sites (N-methyl/N-ethyl adjacent to an activating group) is 1. The average molecular weight is 442 g/mol. The Kier molecular flexibility index (Phi) is 6.09. The molecule has 1 aromatic heterocycles. The number of nitrogens with zero attached hydrogens (tertiary/aromatic N) is 5. The highest BCUT2D eigenvalue weighted by Crippen LogP contribution is 2.29. The van der Waals surface area contributed by atoms with Gasteiger partial charge in [-0.2, -0.15) is 0 Å². The Morgan fingerprint density at radius 3 is 2.27 bits per heavy atom. The van der Waals surface area contributed by atoms with Crippen molar-refractivity contribution < 1.29 is 4.79 Å². The van der Waals surface area contributed by atoms with Crippen LogP contribution in [0, 0.1) is 6.92 Å². The van der Waals surface area contributed by atoms with E-state index in [1.54, 1.807) is 0 Å². The molecule has 0 unspecified atom stereocenters. The zero-order valence-corrected chi connectivity index (χ0v) is 19.5. The van der Waals surface area contributed by atoms with Gasteiger partial charge in [-0.1, -0.05) is 49.4 Å². The summed E-state index contributed by atoms with van der Waals surface area (Å²) in [6, 6.07) is 18.2. The molecular formula is C27H31N5O. The van der Waals surface area contributed by atoms with Crippen molar-refractivity contribution in [2.45, 2.75) is 26.8 Å². The number of hydrogen-bond donors (Lipinski definition) is 0. The number of aromatic nitrogens is 2. The largest absolute Gasteiger partial charge is 0.354 e. The third-order valence-electron chi connectivity index (χ3n) is 6.80. The third-order valence-corrected chi connectivity index (χ3v) is 6.80. The van der Waals surface area contributed by atoms with Crippen molar-refractivity contribution >= 4 is 11.7 Å². The summed E-state index contributed by atoms with van der Waals surface area (Å²) in [6.45, 7) is 10.5. The van der Waals surface area contributed by atoms with Gasteiger partial charge in [-0.25, -0.2) is 9.97 Å². The quantitative estimate of drug-likeness (QED) is 0.617. The fraction of sp³-hybridized carbons (Fsp3) is 0.370. The maximum atomic E-state index is 13.4. The van der Waals surface area contributed by atoms with Crippen LogP contribution in [0.2, 0.25) is 0 Å². The second-order valence-corrected chi connectivity index (χ2v) is 8.86. The van der Waals surface area contributed by atoms with Crippen LogP contribution in [-0.2, 0) is 13.0 Å². The van der Waals surface area contributed by atoms with Gasteiger partial charge in [-0.15, -0.1) is 0 Å². The minimum atomic E-state index is 0.0718. The highest BCUT2D eigenvalue weighted by Gasteiger charge is 2.29. The van der Waals surface area contributed by atoms with Gasteiger partial charge >= 0.3 is 0 Å². The Labute approximate surface area is 195 Å². The number of anilines is 1. The van der Waals surface area contributed by atoms with E-state index >= 15 is 0 Å². The van der Waals surface area contributed by atoms with E-state index in [4.69, 9.17) is 9.97 Å². The molecule has 1 amide bonds. The molecule has 170 valence electrons. The number of amides is 1. The van der Waals surface area contributed by atoms with Crippen LogP contribution in [0.1, 0.15) is 34.4 Å². The average Bonchev–Trinajstić information content (AvgIpc) is 2.88. The molecule has 2 aliphatic rings. The monoisotopic (exact) mass is 441 g/mol. The van der Waals surface area contributed by atoms with Crippen LogP contribution < -0.4 is 4.90 Å². The van der Waals surface area contributed by atoms with Gasteiger partial charge in [-0.05, 0) is 36.7 Å². The molecule has 0 radical (unpaired) electrons. The summed E-state index contributed by atoms with van der Waals surface area (Å²) in [5, 5.41) is 0. The number of fused-ring (bicyclic) bond motifs is 1. The molecular weight excluding hydrogens is 410 g/mol. The normalized spacial score (nSPS) is 16.5. The van der Waals surface area contributed by atoms with E-state index in [9.17, 15) is 4.79 Å². The molecule has 6 nitrogen and oxygen atoms in total. The van der Waals surface area contributed by atoms with Crippen molar-refractivity contribution in [3.8, 4) is 11.1 Å². The molecule has 0 atom stereocenters. The van der Waals surface area contributed by atoms with Crippen LogP contribution >= 0.6 is 0 Å². The molecule has 33 heavy (non-hydrogen) atoms. The summed E-state index contributed by atoms with van der Waals surface area (Å²) in [7, 11) is 0. The van der Waals surface area contributed by atoms with Crippen molar-refractivity contribution in [1.29, 1.82) is 0 Å². The molecule has 3 aromatic rings. The number of hydrogen-bond acceptors (Lipinski definition) is 5. The third kappa shape index (κ3) is 4.48. The number of aryl methyl sites for hydroxylation is 1. The molecule has 0 saturated carbocycles. The number of carbonyl (C=O) groups excluding carboxylic acids is 1. The van der Waals surface area contributed by atoms with Crippen molar-refractivity contribution in [3.05, 3.63) is 77.2 Å². The highest BCUT2D eigenvalue weighted by atomic mass is 16.2. The Balaban J connectivity index is 1.36. The molecule has 5 rings (SSSR count). The number of piperazine rings is 1. The summed E-state index contributed by atoms with van der Waals surface area (Å²) in [6.07, 6.45) is 0.772. The summed E-state index contributed by atoms with van der Waals surface area (Å²) in [5.74, 6) is 1.91. The molecule has 2 aromatic carbocycles. The second kappa shape index (κ2) is 9.32. The van der Waals surface area contributed by atoms with Crippen LogP contribution in [0.5, 0.6) is 0 Å². The minimum absolute atomic E-state index is 0.0718. The predicted octanol–water partition coefficient (Wildman–Crippen LogP) is 3.79. The van der Waals surface area contributed by atoms with Gasteiger partial charge in [0.1, 0.15) is 11.6 Å². The van der Waals surface area contributed by atoms with E-state index in [0.717, 1.165) is 78.7 Å². The Morgan fingerprint density at radius 1 is 0.879 bits per heavy atom.